The lowest BCUT2D eigenvalue weighted by atomic mass is 9.73. The first-order chi connectivity index (χ1) is 7.12. The summed E-state index contributed by atoms with van der Waals surface area (Å²) >= 11 is 0. The maximum atomic E-state index is 11.1. The van der Waals surface area contributed by atoms with Crippen LogP contribution in [0, 0.1) is 5.41 Å². The molecule has 0 amide bonds. The van der Waals surface area contributed by atoms with Crippen molar-refractivity contribution < 1.29 is 14.3 Å². The average molecular weight is 210 g/mol. The molecular weight excluding hydrogens is 192 g/mol. The topological polar surface area (TPSA) is 43.4 Å². The summed E-state index contributed by atoms with van der Waals surface area (Å²) < 4.78 is 4.58. The van der Waals surface area contributed by atoms with Gasteiger partial charge in [-0.15, -0.1) is 0 Å². The van der Waals surface area contributed by atoms with Gasteiger partial charge in [0, 0.05) is 11.8 Å². The van der Waals surface area contributed by atoms with E-state index in [0.717, 1.165) is 25.5 Å². The number of ether oxygens (including phenoxy) is 1. The van der Waals surface area contributed by atoms with Gasteiger partial charge in [-0.3, -0.25) is 4.79 Å². The van der Waals surface area contributed by atoms with Gasteiger partial charge < -0.3 is 9.53 Å². The van der Waals surface area contributed by atoms with Crippen LogP contribution in [0.5, 0.6) is 0 Å². The summed E-state index contributed by atoms with van der Waals surface area (Å²) in [6.45, 7) is 2.08. The summed E-state index contributed by atoms with van der Waals surface area (Å²) in [6.07, 6.45) is 6.64. The summed E-state index contributed by atoms with van der Waals surface area (Å²) in [7, 11) is 1.38. The Morgan fingerprint density at radius 2 is 2.40 bits per heavy atom. The highest BCUT2D eigenvalue weighted by molar-refractivity contribution is 5.70. The van der Waals surface area contributed by atoms with Crippen LogP contribution >= 0.6 is 0 Å². The number of aldehydes is 1. The first-order valence-corrected chi connectivity index (χ1v) is 5.31. The van der Waals surface area contributed by atoms with Crippen molar-refractivity contribution in [1.82, 2.24) is 0 Å². The van der Waals surface area contributed by atoms with E-state index in [4.69, 9.17) is 0 Å². The molecule has 0 N–H and O–H groups in total. The Morgan fingerprint density at radius 1 is 1.67 bits per heavy atom. The standard InChI is InChI=1S/C12H18O3/c1-10-3-6-12(9-13,7-4-10)8-5-11(14)15-2/h3,9H,4-8H2,1-2H3. The molecule has 0 aromatic heterocycles. The largest absolute Gasteiger partial charge is 0.469 e. The molecule has 0 radical (unpaired) electrons. The monoisotopic (exact) mass is 210 g/mol. The van der Waals surface area contributed by atoms with E-state index in [1.165, 1.54) is 12.7 Å². The molecule has 84 valence electrons. The lowest BCUT2D eigenvalue weighted by Gasteiger charge is -2.30. The average Bonchev–Trinajstić information content (AvgIpc) is 2.28. The minimum atomic E-state index is -0.326. The van der Waals surface area contributed by atoms with Gasteiger partial charge in [0.15, 0.2) is 0 Å². The second-order valence-electron chi connectivity index (χ2n) is 4.31. The zero-order chi connectivity index (χ0) is 11.3. The number of hydrogen-bond acceptors (Lipinski definition) is 3. The molecule has 1 aliphatic rings. The smallest absolute Gasteiger partial charge is 0.305 e. The fourth-order valence-corrected chi connectivity index (χ4v) is 1.87. The van der Waals surface area contributed by atoms with Crippen molar-refractivity contribution in [3.63, 3.8) is 0 Å². The molecular formula is C12H18O3. The van der Waals surface area contributed by atoms with Crippen LogP contribution in [0.3, 0.4) is 0 Å². The summed E-state index contributed by atoms with van der Waals surface area (Å²) in [4.78, 5) is 22.1. The van der Waals surface area contributed by atoms with Gasteiger partial charge in [-0.1, -0.05) is 11.6 Å². The van der Waals surface area contributed by atoms with Crippen molar-refractivity contribution in [2.75, 3.05) is 7.11 Å². The van der Waals surface area contributed by atoms with Crippen molar-refractivity contribution >= 4 is 12.3 Å². The Kier molecular flexibility index (Phi) is 4.06. The number of esters is 1. The predicted octanol–water partition coefficient (Wildman–Crippen LogP) is 2.26. The zero-order valence-corrected chi connectivity index (χ0v) is 9.41. The number of carbonyl (C=O) groups is 2. The highest BCUT2D eigenvalue weighted by atomic mass is 16.5. The van der Waals surface area contributed by atoms with E-state index < -0.39 is 0 Å². The molecule has 0 heterocycles. The Hall–Kier alpha value is -1.12. The van der Waals surface area contributed by atoms with Crippen LogP contribution in [0.25, 0.3) is 0 Å². The van der Waals surface area contributed by atoms with Crippen molar-refractivity contribution in [1.29, 1.82) is 0 Å². The van der Waals surface area contributed by atoms with Crippen LogP contribution in [0.1, 0.15) is 39.0 Å². The SMILES string of the molecule is COC(=O)CCC1(C=O)CC=C(C)CC1. The first kappa shape index (κ1) is 12.0. The van der Waals surface area contributed by atoms with E-state index in [2.05, 4.69) is 17.7 Å². The lowest BCUT2D eigenvalue weighted by molar-refractivity contribution is -0.141. The van der Waals surface area contributed by atoms with E-state index >= 15 is 0 Å². The van der Waals surface area contributed by atoms with Crippen molar-refractivity contribution in [2.45, 2.75) is 39.0 Å². The molecule has 1 unspecified atom stereocenters. The third-order valence-electron chi connectivity index (χ3n) is 3.18. The molecule has 0 saturated heterocycles. The molecule has 0 aromatic rings. The fraction of sp³-hybridized carbons (Fsp3) is 0.667. The first-order valence-electron chi connectivity index (χ1n) is 5.31. The van der Waals surface area contributed by atoms with E-state index in [-0.39, 0.29) is 11.4 Å². The quantitative estimate of drug-likeness (QED) is 0.406. The van der Waals surface area contributed by atoms with Crippen LogP contribution in [0.2, 0.25) is 0 Å². The summed E-state index contributed by atoms with van der Waals surface area (Å²) in [5.41, 5.74) is 1.01. The van der Waals surface area contributed by atoms with Crippen molar-refractivity contribution in [2.24, 2.45) is 5.41 Å². The highest BCUT2D eigenvalue weighted by Gasteiger charge is 2.31. The highest BCUT2D eigenvalue weighted by Crippen LogP contribution is 2.37. The number of hydrogen-bond donors (Lipinski definition) is 0. The van der Waals surface area contributed by atoms with E-state index in [9.17, 15) is 9.59 Å². The number of rotatable bonds is 4. The van der Waals surface area contributed by atoms with Crippen molar-refractivity contribution in [3.8, 4) is 0 Å². The van der Waals surface area contributed by atoms with E-state index in [0.29, 0.717) is 12.8 Å². The summed E-state index contributed by atoms with van der Waals surface area (Å²) in [5.74, 6) is -0.234. The molecule has 0 bridgehead atoms. The molecule has 0 aromatic carbocycles. The van der Waals surface area contributed by atoms with E-state index in [1.54, 1.807) is 0 Å². The number of allylic oxidation sites excluding steroid dienone is 2. The molecule has 0 saturated carbocycles. The molecule has 0 spiro atoms. The van der Waals surface area contributed by atoms with Crippen LogP contribution in [0.4, 0.5) is 0 Å². The number of methoxy groups -OCH3 is 1. The molecule has 1 atom stereocenters. The van der Waals surface area contributed by atoms with Crippen molar-refractivity contribution in [3.05, 3.63) is 11.6 Å². The van der Waals surface area contributed by atoms with Gasteiger partial charge in [-0.2, -0.15) is 0 Å². The Balaban J connectivity index is 2.55. The summed E-state index contributed by atoms with van der Waals surface area (Å²) in [6, 6.07) is 0. The third kappa shape index (κ3) is 3.18. The van der Waals surface area contributed by atoms with Gasteiger partial charge in [0.1, 0.15) is 6.29 Å². The molecule has 1 aliphatic carbocycles. The van der Waals surface area contributed by atoms with Crippen LogP contribution in [-0.2, 0) is 14.3 Å². The predicted molar refractivity (Wildman–Crippen MR) is 57.4 cm³/mol. The normalized spacial score (nSPS) is 25.6. The Bertz CT molecular complexity index is 281. The lowest BCUT2D eigenvalue weighted by Crippen LogP contribution is -2.26. The Labute approximate surface area is 90.5 Å². The van der Waals surface area contributed by atoms with Gasteiger partial charge in [0.25, 0.3) is 0 Å². The van der Waals surface area contributed by atoms with Crippen LogP contribution in [-0.4, -0.2) is 19.4 Å². The van der Waals surface area contributed by atoms with E-state index in [1.807, 2.05) is 0 Å². The molecule has 0 fully saturated rings. The molecule has 1 rings (SSSR count). The second-order valence-corrected chi connectivity index (χ2v) is 4.31. The second kappa shape index (κ2) is 5.10. The minimum Gasteiger partial charge on any atom is -0.469 e. The molecule has 3 heteroatoms. The molecule has 0 aliphatic heterocycles. The third-order valence-corrected chi connectivity index (χ3v) is 3.18. The molecule has 3 nitrogen and oxygen atoms in total. The minimum absolute atomic E-state index is 0.234. The van der Waals surface area contributed by atoms with Gasteiger partial charge in [-0.25, -0.2) is 0 Å². The fourth-order valence-electron chi connectivity index (χ4n) is 1.87. The zero-order valence-electron chi connectivity index (χ0n) is 9.41. The summed E-state index contributed by atoms with van der Waals surface area (Å²) in [5, 5.41) is 0. The van der Waals surface area contributed by atoms with Crippen LogP contribution in [0.15, 0.2) is 11.6 Å². The maximum Gasteiger partial charge on any atom is 0.305 e. The van der Waals surface area contributed by atoms with Gasteiger partial charge in [-0.05, 0) is 32.6 Å². The van der Waals surface area contributed by atoms with Gasteiger partial charge in [0.2, 0.25) is 0 Å². The number of carbonyl (C=O) groups excluding carboxylic acids is 2. The van der Waals surface area contributed by atoms with Gasteiger partial charge >= 0.3 is 5.97 Å². The van der Waals surface area contributed by atoms with Gasteiger partial charge in [0.05, 0.1) is 7.11 Å². The maximum absolute atomic E-state index is 11.1. The Morgan fingerprint density at radius 3 is 2.87 bits per heavy atom. The molecule has 15 heavy (non-hydrogen) atoms. The van der Waals surface area contributed by atoms with Crippen LogP contribution < -0.4 is 0 Å².